The summed E-state index contributed by atoms with van der Waals surface area (Å²) in [5.74, 6) is 0. The van der Waals surface area contributed by atoms with Crippen molar-refractivity contribution in [1.82, 2.24) is 0 Å². The average molecular weight is 849 g/mol. The lowest BCUT2D eigenvalue weighted by atomic mass is 10.5. The first kappa shape index (κ1) is 53.6. The van der Waals surface area contributed by atoms with Gasteiger partial charge in [-0.1, -0.05) is 49.9 Å². The van der Waals surface area contributed by atoms with E-state index < -0.39 is 43.3 Å². The molecule has 0 spiro atoms. The normalized spacial score (nSPS) is 13.4. The van der Waals surface area contributed by atoms with Crippen molar-refractivity contribution < 1.29 is 53.1 Å². The molecule has 0 amide bonds. The van der Waals surface area contributed by atoms with Crippen molar-refractivity contribution in [3.63, 3.8) is 0 Å². The third-order valence-corrected chi connectivity index (χ3v) is 27.4. The van der Waals surface area contributed by atoms with Crippen LogP contribution in [0.3, 0.4) is 0 Å². The Hall–Kier alpha value is 0.604. The molecule has 0 aromatic carbocycles. The van der Waals surface area contributed by atoms with Gasteiger partial charge >= 0.3 is 35.2 Å². The van der Waals surface area contributed by atoms with Crippen LogP contribution in [0.4, 0.5) is 0 Å². The van der Waals surface area contributed by atoms with Gasteiger partial charge in [0.05, 0.1) is 8.07 Å². The molecule has 0 rings (SSSR count). The van der Waals surface area contributed by atoms with Crippen molar-refractivity contribution in [2.45, 2.75) is 157 Å². The summed E-state index contributed by atoms with van der Waals surface area (Å²) < 4.78 is 75.9. The highest BCUT2D eigenvalue weighted by Crippen LogP contribution is 2.38. The Bertz CT molecular complexity index is 649. The van der Waals surface area contributed by atoms with E-state index in [1.165, 1.54) is 0 Å². The number of hydrogen-bond acceptors (Lipinski definition) is 12. The first-order valence-corrected chi connectivity index (χ1v) is 31.8. The van der Waals surface area contributed by atoms with Crippen molar-refractivity contribution >= 4 is 43.3 Å². The van der Waals surface area contributed by atoms with E-state index in [2.05, 4.69) is 0 Å². The van der Waals surface area contributed by atoms with Crippen molar-refractivity contribution in [2.75, 3.05) is 79.3 Å². The Morgan fingerprint density at radius 1 is 0.208 bits per heavy atom. The Morgan fingerprint density at radius 3 is 0.453 bits per heavy atom. The molecule has 0 saturated carbocycles. The van der Waals surface area contributed by atoms with Crippen LogP contribution in [0.15, 0.2) is 0 Å². The Balaban J connectivity index is 6.90. The van der Waals surface area contributed by atoms with E-state index in [1.807, 2.05) is 83.1 Å². The molecule has 0 saturated heterocycles. The van der Waals surface area contributed by atoms with Gasteiger partial charge in [-0.15, -0.1) is 0 Å². The topological polar surface area (TPSA) is 111 Å². The van der Waals surface area contributed by atoms with Gasteiger partial charge in [-0.3, -0.25) is 0 Å². The van der Waals surface area contributed by atoms with Crippen LogP contribution in [0.5, 0.6) is 0 Å². The second-order valence-corrected chi connectivity index (χ2v) is 28.8. The molecule has 0 aliphatic rings. The lowest BCUT2D eigenvalue weighted by molar-refractivity contribution is 0.0705. The summed E-state index contributed by atoms with van der Waals surface area (Å²) in [6.07, 6.45) is 3.94. The monoisotopic (exact) mass is 848 g/mol. The quantitative estimate of drug-likeness (QED) is 0.0549. The van der Waals surface area contributed by atoms with E-state index in [0.717, 1.165) is 74.0 Å². The fraction of sp³-hybridized carbons (Fsp3) is 1.00. The Morgan fingerprint density at radius 2 is 0.340 bits per heavy atom. The molecule has 0 N–H and O–H groups in total. The van der Waals surface area contributed by atoms with Crippen molar-refractivity contribution in [2.24, 2.45) is 0 Å². The fourth-order valence-corrected chi connectivity index (χ4v) is 24.5. The van der Waals surface area contributed by atoms with Crippen LogP contribution in [0, 0.1) is 0 Å². The van der Waals surface area contributed by atoms with Gasteiger partial charge in [0, 0.05) is 103 Å². The summed E-state index contributed by atoms with van der Waals surface area (Å²) in [6.45, 7) is 31.2. The van der Waals surface area contributed by atoms with Gasteiger partial charge < -0.3 is 53.1 Å². The van der Waals surface area contributed by atoms with Gasteiger partial charge in [-0.25, -0.2) is 0 Å². The molecule has 0 aromatic rings. The molecule has 0 aliphatic heterocycles. The molecule has 0 heterocycles. The maximum absolute atomic E-state index is 6.32. The van der Waals surface area contributed by atoms with Crippen molar-refractivity contribution in [1.29, 1.82) is 0 Å². The number of hydrogen-bond donors (Lipinski definition) is 0. The molecular weight excluding hydrogens is 765 g/mol. The van der Waals surface area contributed by atoms with Crippen LogP contribution in [0.1, 0.15) is 109 Å². The first-order valence-electron chi connectivity index (χ1n) is 21.2. The minimum Gasteiger partial charge on any atom is -0.374 e. The third-order valence-electron chi connectivity index (χ3n) is 9.13. The minimum atomic E-state index is -2.81. The maximum atomic E-state index is 6.32. The van der Waals surface area contributed by atoms with E-state index in [0.29, 0.717) is 79.3 Å². The standard InChI is InChI=1S/C36H84O12Si5/c1-13-37-50(38-14-2,39-15-3)33-25-29-49(30-26-34-51(40-16-4,41-17-5)42-18-6,31-27-35-52(43-19-7,44-20-8)45-21-9)32-28-36-53(46-22-10,47-23-11)48-24-12/h13-36H2,1-12H3. The van der Waals surface area contributed by atoms with E-state index >= 15 is 0 Å². The molecule has 17 heteroatoms. The van der Waals surface area contributed by atoms with Crippen LogP contribution >= 0.6 is 0 Å². The summed E-state index contributed by atoms with van der Waals surface area (Å²) in [5.41, 5.74) is 0. The second kappa shape index (κ2) is 31.6. The van der Waals surface area contributed by atoms with E-state index in [9.17, 15) is 0 Å². The van der Waals surface area contributed by atoms with Crippen LogP contribution in [0.25, 0.3) is 0 Å². The lowest BCUT2D eigenvalue weighted by Crippen LogP contribution is -2.48. The Labute approximate surface area is 331 Å². The molecule has 0 bridgehead atoms. The van der Waals surface area contributed by atoms with Gasteiger partial charge in [0.2, 0.25) is 0 Å². The molecule has 0 fully saturated rings. The van der Waals surface area contributed by atoms with E-state index in [4.69, 9.17) is 53.1 Å². The zero-order chi connectivity index (χ0) is 40.0. The maximum Gasteiger partial charge on any atom is 0.500 e. The summed E-state index contributed by atoms with van der Waals surface area (Å²) in [4.78, 5) is 0. The van der Waals surface area contributed by atoms with Crippen LogP contribution < -0.4 is 0 Å². The van der Waals surface area contributed by atoms with Crippen molar-refractivity contribution in [3.05, 3.63) is 0 Å². The van der Waals surface area contributed by atoms with Gasteiger partial charge in [0.15, 0.2) is 0 Å². The molecular formula is C36H84O12Si5. The average Bonchev–Trinajstić information content (AvgIpc) is 3.10. The lowest BCUT2D eigenvalue weighted by Gasteiger charge is -2.37. The highest BCUT2D eigenvalue weighted by atomic mass is 28.4. The summed E-state index contributed by atoms with van der Waals surface area (Å²) in [6, 6.07) is 7.72. The van der Waals surface area contributed by atoms with Gasteiger partial charge in [0.25, 0.3) is 0 Å². The highest BCUT2D eigenvalue weighted by Gasteiger charge is 2.46. The molecule has 0 atom stereocenters. The number of rotatable bonds is 40. The van der Waals surface area contributed by atoms with Crippen LogP contribution in [-0.2, 0) is 53.1 Å². The third kappa shape index (κ3) is 20.7. The summed E-state index contributed by atoms with van der Waals surface area (Å²) in [5, 5.41) is 0. The van der Waals surface area contributed by atoms with E-state index in [-0.39, 0.29) is 0 Å². The zero-order valence-electron chi connectivity index (χ0n) is 36.4. The highest BCUT2D eigenvalue weighted by molar-refractivity contribution is 6.80. The van der Waals surface area contributed by atoms with Gasteiger partial charge in [-0.05, 0) is 83.1 Å². The predicted molar refractivity (Wildman–Crippen MR) is 225 cm³/mol. The summed E-state index contributed by atoms with van der Waals surface area (Å²) >= 11 is 0. The van der Waals surface area contributed by atoms with Gasteiger partial charge in [-0.2, -0.15) is 0 Å². The Kier molecular flexibility index (Phi) is 31.9. The molecule has 320 valence electrons. The van der Waals surface area contributed by atoms with Crippen LogP contribution in [0.2, 0.25) is 48.4 Å². The largest absolute Gasteiger partial charge is 0.500 e. The van der Waals surface area contributed by atoms with E-state index in [1.54, 1.807) is 0 Å². The SMILES string of the molecule is CCO[Si](CCC[Si](CCC[Si](OCC)(OCC)OCC)(CCC[Si](OCC)(OCC)OCC)CCC[Si](OCC)(OCC)OCC)(OCC)OCC. The summed E-state index contributed by atoms with van der Waals surface area (Å²) in [7, 11) is -13.3. The second-order valence-electron chi connectivity index (χ2n) is 12.8. The van der Waals surface area contributed by atoms with Gasteiger partial charge in [0.1, 0.15) is 0 Å². The zero-order valence-corrected chi connectivity index (χ0v) is 41.4. The van der Waals surface area contributed by atoms with Crippen molar-refractivity contribution in [3.8, 4) is 0 Å². The van der Waals surface area contributed by atoms with Crippen LogP contribution in [-0.4, -0.2) is 123 Å². The minimum absolute atomic E-state index is 0.575. The first-order chi connectivity index (χ1) is 25.6. The fourth-order valence-electron chi connectivity index (χ4n) is 7.47. The predicted octanol–water partition coefficient (Wildman–Crippen LogP) is 9.19. The molecule has 53 heavy (non-hydrogen) atoms. The molecule has 0 radical (unpaired) electrons. The molecule has 0 aromatic heterocycles. The molecule has 0 unspecified atom stereocenters. The molecule has 0 aliphatic carbocycles. The molecule has 12 nitrogen and oxygen atoms in total. The smallest absolute Gasteiger partial charge is 0.374 e.